The summed E-state index contributed by atoms with van der Waals surface area (Å²) < 4.78 is 23.5. The lowest BCUT2D eigenvalue weighted by Crippen LogP contribution is -2.28. The molecule has 0 aromatic heterocycles. The number of hydrogen-bond donors (Lipinski definition) is 2. The van der Waals surface area contributed by atoms with Crippen LogP contribution in [0, 0.1) is 0 Å². The van der Waals surface area contributed by atoms with Crippen LogP contribution >= 0.6 is 0 Å². The second-order valence-electron chi connectivity index (χ2n) is 10.6. The third-order valence-corrected chi connectivity index (χ3v) is 7.74. The molecule has 2 aromatic carbocycles. The smallest absolute Gasteiger partial charge is 0.203 e. The van der Waals surface area contributed by atoms with Gasteiger partial charge in [0, 0.05) is 22.1 Å². The van der Waals surface area contributed by atoms with E-state index in [1.807, 2.05) is 0 Å². The third-order valence-electron chi connectivity index (χ3n) is 7.74. The molecule has 1 atom stereocenters. The molecule has 0 fully saturated rings. The van der Waals surface area contributed by atoms with E-state index < -0.39 is 5.41 Å². The van der Waals surface area contributed by atoms with Crippen LogP contribution in [0.1, 0.15) is 73.9 Å². The van der Waals surface area contributed by atoms with Crippen molar-refractivity contribution in [3.63, 3.8) is 0 Å². The highest BCUT2D eigenvalue weighted by molar-refractivity contribution is 5.73. The van der Waals surface area contributed by atoms with Crippen LogP contribution in [0.2, 0.25) is 0 Å². The number of fused-ring (bicyclic) bond motifs is 4. The van der Waals surface area contributed by atoms with Gasteiger partial charge < -0.3 is 29.2 Å². The molecule has 0 saturated heterocycles. The van der Waals surface area contributed by atoms with Gasteiger partial charge in [0.2, 0.25) is 5.75 Å². The molecule has 0 amide bonds. The Balaban J connectivity index is 2.19. The lowest BCUT2D eigenvalue weighted by molar-refractivity contribution is 0.252. The standard InChI is InChI=1S/C27H36O6/c1-25(2)13-27(20-17(25)9-15(11-28)16(12-29)22(20)31-6)14-26(3,4)18-10-19(30-5)23(32-7)24(33-8)21(18)27/h9-10,28-29H,11-14H2,1-8H3. The Morgan fingerprint density at radius 1 is 0.697 bits per heavy atom. The van der Waals surface area contributed by atoms with Gasteiger partial charge in [-0.25, -0.2) is 0 Å². The number of hydrogen-bond acceptors (Lipinski definition) is 6. The van der Waals surface area contributed by atoms with Crippen molar-refractivity contribution in [2.45, 2.75) is 70.0 Å². The van der Waals surface area contributed by atoms with Crippen LogP contribution in [-0.2, 0) is 29.5 Å². The zero-order valence-electron chi connectivity index (χ0n) is 21.0. The number of rotatable bonds is 6. The van der Waals surface area contributed by atoms with Gasteiger partial charge >= 0.3 is 0 Å². The van der Waals surface area contributed by atoms with E-state index in [0.717, 1.165) is 29.5 Å². The van der Waals surface area contributed by atoms with Crippen LogP contribution in [0.3, 0.4) is 0 Å². The van der Waals surface area contributed by atoms with Gasteiger partial charge in [-0.05, 0) is 46.4 Å². The Kier molecular flexibility index (Phi) is 5.61. The largest absolute Gasteiger partial charge is 0.496 e. The first-order valence-corrected chi connectivity index (χ1v) is 11.4. The van der Waals surface area contributed by atoms with Crippen molar-refractivity contribution in [3.8, 4) is 23.0 Å². The van der Waals surface area contributed by atoms with Crippen molar-refractivity contribution in [1.82, 2.24) is 0 Å². The van der Waals surface area contributed by atoms with Crippen LogP contribution in [0.5, 0.6) is 23.0 Å². The first-order chi connectivity index (χ1) is 15.6. The van der Waals surface area contributed by atoms with Crippen molar-refractivity contribution >= 4 is 0 Å². The summed E-state index contributed by atoms with van der Waals surface area (Å²) in [5.74, 6) is 2.56. The highest BCUT2D eigenvalue weighted by Gasteiger charge is 2.60. The highest BCUT2D eigenvalue weighted by Crippen LogP contribution is 2.68. The fraction of sp³-hybridized carbons (Fsp3) is 0.556. The first kappa shape index (κ1) is 23.7. The van der Waals surface area contributed by atoms with Gasteiger partial charge in [-0.3, -0.25) is 0 Å². The summed E-state index contributed by atoms with van der Waals surface area (Å²) in [6, 6.07) is 4.13. The maximum absolute atomic E-state index is 10.3. The van der Waals surface area contributed by atoms with Gasteiger partial charge in [0.15, 0.2) is 11.5 Å². The average molecular weight is 457 g/mol. The van der Waals surface area contributed by atoms with Gasteiger partial charge in [0.1, 0.15) is 5.75 Å². The molecule has 0 bridgehead atoms. The summed E-state index contributed by atoms with van der Waals surface area (Å²) in [4.78, 5) is 0. The van der Waals surface area contributed by atoms with E-state index in [0.29, 0.717) is 34.1 Å². The van der Waals surface area contributed by atoms with Crippen molar-refractivity contribution in [1.29, 1.82) is 0 Å². The number of aliphatic hydroxyl groups is 2. The Bertz CT molecular complexity index is 1010. The minimum absolute atomic E-state index is 0.154. The molecule has 2 aliphatic carbocycles. The molecule has 2 aromatic rings. The molecule has 4 rings (SSSR count). The third kappa shape index (κ3) is 3.07. The molecular weight excluding hydrogens is 420 g/mol. The maximum atomic E-state index is 10.3. The van der Waals surface area contributed by atoms with Gasteiger partial charge in [-0.2, -0.15) is 0 Å². The molecule has 0 aliphatic heterocycles. The molecule has 2 N–H and O–H groups in total. The Labute approximate surface area is 196 Å². The van der Waals surface area contributed by atoms with E-state index in [-0.39, 0.29) is 24.0 Å². The minimum atomic E-state index is -0.411. The number of ether oxygens (including phenoxy) is 4. The van der Waals surface area contributed by atoms with Crippen molar-refractivity contribution < 1.29 is 29.2 Å². The summed E-state index contributed by atoms with van der Waals surface area (Å²) >= 11 is 0. The second-order valence-corrected chi connectivity index (χ2v) is 10.6. The number of benzene rings is 2. The van der Waals surface area contributed by atoms with E-state index in [2.05, 4.69) is 39.8 Å². The summed E-state index contributed by atoms with van der Waals surface area (Å²) in [5, 5.41) is 20.3. The van der Waals surface area contributed by atoms with Crippen molar-refractivity contribution in [2.24, 2.45) is 0 Å². The SMILES string of the molecule is COc1cc2c(c(OC)c1OC)C1(CC(C)(C)c3cc(CO)c(CO)c(OC)c31)CC2(C)C. The predicted molar refractivity (Wildman–Crippen MR) is 127 cm³/mol. The minimum Gasteiger partial charge on any atom is -0.496 e. The summed E-state index contributed by atoms with van der Waals surface area (Å²) in [6.45, 7) is 8.61. The molecule has 6 heteroatoms. The van der Waals surface area contributed by atoms with Crippen LogP contribution in [0.25, 0.3) is 0 Å². The first-order valence-electron chi connectivity index (χ1n) is 11.4. The number of methoxy groups -OCH3 is 4. The summed E-state index contributed by atoms with van der Waals surface area (Å²) in [6.07, 6.45) is 1.69. The number of aliphatic hydroxyl groups excluding tert-OH is 2. The maximum Gasteiger partial charge on any atom is 0.203 e. The molecule has 2 aliphatic rings. The molecule has 6 nitrogen and oxygen atoms in total. The van der Waals surface area contributed by atoms with Gasteiger partial charge in [0.25, 0.3) is 0 Å². The predicted octanol–water partition coefficient (Wildman–Crippen LogP) is 4.35. The fourth-order valence-electron chi connectivity index (χ4n) is 6.71. The van der Waals surface area contributed by atoms with Crippen LogP contribution in [-0.4, -0.2) is 38.7 Å². The molecular formula is C27H36O6. The second kappa shape index (κ2) is 7.81. The monoisotopic (exact) mass is 456 g/mol. The van der Waals surface area contributed by atoms with Gasteiger partial charge in [-0.15, -0.1) is 0 Å². The Hall–Kier alpha value is -2.44. The lowest BCUT2D eigenvalue weighted by Gasteiger charge is -2.33. The van der Waals surface area contributed by atoms with E-state index in [4.69, 9.17) is 18.9 Å². The Morgan fingerprint density at radius 2 is 1.21 bits per heavy atom. The van der Waals surface area contributed by atoms with Crippen molar-refractivity contribution in [2.75, 3.05) is 28.4 Å². The summed E-state index contributed by atoms with van der Waals surface area (Å²) in [5.41, 5.74) is 5.06. The molecule has 1 spiro atoms. The molecule has 1 unspecified atom stereocenters. The van der Waals surface area contributed by atoms with E-state index in [1.54, 1.807) is 28.4 Å². The van der Waals surface area contributed by atoms with E-state index in [9.17, 15) is 10.2 Å². The average Bonchev–Trinajstić information content (AvgIpc) is 3.15. The normalized spacial score (nSPS) is 21.6. The zero-order valence-corrected chi connectivity index (χ0v) is 21.0. The fourth-order valence-corrected chi connectivity index (χ4v) is 6.71. The van der Waals surface area contributed by atoms with Crippen molar-refractivity contribution in [3.05, 3.63) is 45.5 Å². The van der Waals surface area contributed by atoms with E-state index >= 15 is 0 Å². The highest BCUT2D eigenvalue weighted by atomic mass is 16.5. The lowest BCUT2D eigenvalue weighted by atomic mass is 9.71. The quantitative estimate of drug-likeness (QED) is 0.673. The molecule has 180 valence electrons. The van der Waals surface area contributed by atoms with E-state index in [1.165, 1.54) is 5.56 Å². The zero-order chi connectivity index (χ0) is 24.3. The van der Waals surface area contributed by atoms with Gasteiger partial charge in [-0.1, -0.05) is 33.8 Å². The van der Waals surface area contributed by atoms with Crippen LogP contribution in [0.15, 0.2) is 12.1 Å². The molecule has 33 heavy (non-hydrogen) atoms. The van der Waals surface area contributed by atoms with Gasteiger partial charge in [0.05, 0.1) is 41.7 Å². The van der Waals surface area contributed by atoms with Crippen LogP contribution < -0.4 is 18.9 Å². The molecule has 0 heterocycles. The molecule has 0 saturated carbocycles. The Morgan fingerprint density at radius 3 is 1.67 bits per heavy atom. The van der Waals surface area contributed by atoms with Crippen LogP contribution in [0.4, 0.5) is 0 Å². The molecule has 0 radical (unpaired) electrons. The summed E-state index contributed by atoms with van der Waals surface area (Å²) in [7, 11) is 6.58. The topological polar surface area (TPSA) is 77.4 Å².